The van der Waals surface area contributed by atoms with Gasteiger partial charge in [0.2, 0.25) is 0 Å². The number of nitriles is 1. The van der Waals surface area contributed by atoms with E-state index in [-0.39, 0.29) is 11.3 Å². The number of hydrogen-bond donors (Lipinski definition) is 1. The molecule has 1 aromatic carbocycles. The average molecular weight is 399 g/mol. The maximum Gasteiger partial charge on any atom is 0.338 e. The maximum atomic E-state index is 12.2. The van der Waals surface area contributed by atoms with Crippen LogP contribution in [0.1, 0.15) is 44.8 Å². The number of ether oxygens (including phenoxy) is 1. The fourth-order valence-corrected chi connectivity index (χ4v) is 4.39. The molecule has 0 atom stereocenters. The van der Waals surface area contributed by atoms with E-state index in [4.69, 9.17) is 4.74 Å². The van der Waals surface area contributed by atoms with E-state index < -0.39 is 23.4 Å². The van der Waals surface area contributed by atoms with Gasteiger partial charge in [-0.1, -0.05) is 0 Å². The van der Waals surface area contributed by atoms with Crippen LogP contribution in [-0.2, 0) is 22.4 Å². The average Bonchev–Trinajstić information content (AvgIpc) is 3.02. The van der Waals surface area contributed by atoms with Gasteiger partial charge in [0.15, 0.2) is 6.61 Å². The van der Waals surface area contributed by atoms with Crippen LogP contribution < -0.4 is 5.32 Å². The molecule has 9 heteroatoms. The fourth-order valence-electron chi connectivity index (χ4n) is 3.14. The Morgan fingerprint density at radius 2 is 2.11 bits per heavy atom. The number of esters is 1. The molecule has 0 radical (unpaired) electrons. The number of carbonyl (C=O) groups is 2. The molecule has 1 N–H and O–H groups in total. The number of thiophene rings is 1. The number of nitro benzene ring substituents is 1. The zero-order chi connectivity index (χ0) is 20.3. The summed E-state index contributed by atoms with van der Waals surface area (Å²) in [6.45, 7) is 1.01. The molecule has 0 fully saturated rings. The van der Waals surface area contributed by atoms with Gasteiger partial charge in [-0.3, -0.25) is 14.9 Å². The molecule has 1 heterocycles. The molecule has 2 aromatic rings. The molecule has 28 heavy (non-hydrogen) atoms. The second kappa shape index (κ2) is 8.19. The molecular formula is C19H17N3O5S. The number of fused-ring (bicyclic) bond motifs is 1. The van der Waals surface area contributed by atoms with E-state index in [2.05, 4.69) is 11.4 Å². The van der Waals surface area contributed by atoms with E-state index in [1.54, 1.807) is 0 Å². The number of nitrogens with zero attached hydrogens (tertiary/aromatic N) is 2. The quantitative estimate of drug-likeness (QED) is 0.466. The number of carbonyl (C=O) groups excluding carboxylic acids is 2. The molecule has 1 aliphatic carbocycles. The summed E-state index contributed by atoms with van der Waals surface area (Å²) >= 11 is 1.39. The summed E-state index contributed by atoms with van der Waals surface area (Å²) in [6.07, 6.45) is 3.83. The van der Waals surface area contributed by atoms with Crippen LogP contribution >= 0.6 is 11.3 Å². The Bertz CT molecular complexity index is 1010. The van der Waals surface area contributed by atoms with Gasteiger partial charge in [0.1, 0.15) is 11.1 Å². The molecule has 1 amide bonds. The Morgan fingerprint density at radius 1 is 1.36 bits per heavy atom. The van der Waals surface area contributed by atoms with Gasteiger partial charge in [-0.05, 0) is 50.3 Å². The Morgan fingerprint density at radius 3 is 2.79 bits per heavy atom. The topological polar surface area (TPSA) is 122 Å². The van der Waals surface area contributed by atoms with Crippen molar-refractivity contribution in [3.63, 3.8) is 0 Å². The van der Waals surface area contributed by atoms with Gasteiger partial charge in [0, 0.05) is 16.5 Å². The van der Waals surface area contributed by atoms with Crippen LogP contribution in [0.4, 0.5) is 10.7 Å². The lowest BCUT2D eigenvalue weighted by Gasteiger charge is -2.09. The molecule has 1 aromatic heterocycles. The van der Waals surface area contributed by atoms with E-state index in [1.807, 2.05) is 0 Å². The minimum Gasteiger partial charge on any atom is -0.452 e. The van der Waals surface area contributed by atoms with Gasteiger partial charge in [0.05, 0.1) is 16.1 Å². The Hall–Kier alpha value is -3.25. The zero-order valence-corrected chi connectivity index (χ0v) is 15.9. The van der Waals surface area contributed by atoms with Crippen molar-refractivity contribution in [3.8, 4) is 6.07 Å². The standard InChI is InChI=1S/C19H17N3O5S/c1-11-8-12(6-7-15(11)22(25)26)19(24)27-10-17(23)21-18-14(9-20)13-4-2-3-5-16(13)28-18/h6-8H,2-5,10H2,1H3,(H,21,23). The van der Waals surface area contributed by atoms with Gasteiger partial charge < -0.3 is 10.1 Å². The van der Waals surface area contributed by atoms with Gasteiger partial charge >= 0.3 is 5.97 Å². The highest BCUT2D eigenvalue weighted by atomic mass is 32.1. The van der Waals surface area contributed by atoms with Crippen LogP contribution in [0.2, 0.25) is 0 Å². The first-order valence-electron chi connectivity index (χ1n) is 8.67. The molecule has 1 aliphatic rings. The van der Waals surface area contributed by atoms with E-state index in [0.717, 1.165) is 36.1 Å². The molecule has 0 saturated heterocycles. The normalized spacial score (nSPS) is 12.6. The van der Waals surface area contributed by atoms with Crippen molar-refractivity contribution >= 4 is 33.9 Å². The molecule has 144 valence electrons. The summed E-state index contributed by atoms with van der Waals surface area (Å²) in [6, 6.07) is 6.01. The lowest BCUT2D eigenvalue weighted by Crippen LogP contribution is -2.21. The minimum absolute atomic E-state index is 0.0972. The van der Waals surface area contributed by atoms with Crippen molar-refractivity contribution < 1.29 is 19.2 Å². The van der Waals surface area contributed by atoms with E-state index >= 15 is 0 Å². The first-order chi connectivity index (χ1) is 13.4. The lowest BCUT2D eigenvalue weighted by atomic mass is 9.96. The third-order valence-electron chi connectivity index (χ3n) is 4.50. The number of anilines is 1. The molecular weight excluding hydrogens is 382 g/mol. The Balaban J connectivity index is 1.63. The lowest BCUT2D eigenvalue weighted by molar-refractivity contribution is -0.385. The molecule has 0 bridgehead atoms. The number of hydrogen-bond acceptors (Lipinski definition) is 7. The molecule has 0 saturated carbocycles. The first-order valence-corrected chi connectivity index (χ1v) is 9.49. The van der Waals surface area contributed by atoms with E-state index in [1.165, 1.54) is 36.5 Å². The predicted octanol–water partition coefficient (Wildman–Crippen LogP) is 3.51. The number of aryl methyl sites for hydroxylation is 2. The third kappa shape index (κ3) is 4.02. The second-order valence-corrected chi connectivity index (χ2v) is 7.51. The SMILES string of the molecule is Cc1cc(C(=O)OCC(=O)Nc2sc3c(c2C#N)CCCC3)ccc1[N+](=O)[O-]. The smallest absolute Gasteiger partial charge is 0.338 e. The summed E-state index contributed by atoms with van der Waals surface area (Å²) in [4.78, 5) is 35.7. The largest absolute Gasteiger partial charge is 0.452 e. The zero-order valence-electron chi connectivity index (χ0n) is 15.1. The number of amides is 1. The van der Waals surface area contributed by atoms with E-state index in [9.17, 15) is 25.0 Å². The van der Waals surface area contributed by atoms with Gasteiger partial charge in [-0.15, -0.1) is 11.3 Å². The predicted molar refractivity (Wildman–Crippen MR) is 102 cm³/mol. The molecule has 0 unspecified atom stereocenters. The number of nitro groups is 1. The summed E-state index contributed by atoms with van der Waals surface area (Å²) in [5.74, 6) is -1.29. The van der Waals surface area contributed by atoms with Crippen LogP contribution in [0.5, 0.6) is 0 Å². The Labute approximate surface area is 164 Å². The van der Waals surface area contributed by atoms with Crippen LogP contribution in [0.3, 0.4) is 0 Å². The molecule has 3 rings (SSSR count). The van der Waals surface area contributed by atoms with Crippen LogP contribution in [0, 0.1) is 28.4 Å². The summed E-state index contributed by atoms with van der Waals surface area (Å²) < 4.78 is 4.99. The highest BCUT2D eigenvalue weighted by molar-refractivity contribution is 7.16. The minimum atomic E-state index is -0.751. The molecule has 0 spiro atoms. The monoisotopic (exact) mass is 399 g/mol. The summed E-state index contributed by atoms with van der Waals surface area (Å²) in [5, 5.41) is 23.4. The van der Waals surface area contributed by atoms with Crippen molar-refractivity contribution in [1.29, 1.82) is 5.26 Å². The highest BCUT2D eigenvalue weighted by Gasteiger charge is 2.22. The van der Waals surface area contributed by atoms with Crippen molar-refractivity contribution in [3.05, 3.63) is 55.4 Å². The highest BCUT2D eigenvalue weighted by Crippen LogP contribution is 2.37. The van der Waals surface area contributed by atoms with Crippen LogP contribution in [-0.4, -0.2) is 23.4 Å². The summed E-state index contributed by atoms with van der Waals surface area (Å²) in [7, 11) is 0. The third-order valence-corrected chi connectivity index (χ3v) is 5.71. The number of rotatable bonds is 5. The van der Waals surface area contributed by atoms with E-state index in [0.29, 0.717) is 16.1 Å². The molecule has 0 aliphatic heterocycles. The van der Waals surface area contributed by atoms with Gasteiger partial charge in [-0.2, -0.15) is 5.26 Å². The fraction of sp³-hybridized carbons (Fsp3) is 0.316. The van der Waals surface area contributed by atoms with Crippen molar-refractivity contribution in [2.24, 2.45) is 0 Å². The molecule has 8 nitrogen and oxygen atoms in total. The summed E-state index contributed by atoms with van der Waals surface area (Å²) in [5.41, 5.74) is 1.85. The van der Waals surface area contributed by atoms with Gasteiger partial charge in [0.25, 0.3) is 11.6 Å². The van der Waals surface area contributed by atoms with Gasteiger partial charge in [-0.25, -0.2) is 4.79 Å². The number of benzene rings is 1. The first kappa shape index (κ1) is 19.5. The van der Waals surface area contributed by atoms with Crippen molar-refractivity contribution in [2.75, 3.05) is 11.9 Å². The van der Waals surface area contributed by atoms with Crippen LogP contribution in [0.25, 0.3) is 0 Å². The van der Waals surface area contributed by atoms with Crippen molar-refractivity contribution in [2.45, 2.75) is 32.6 Å². The van der Waals surface area contributed by atoms with Crippen LogP contribution in [0.15, 0.2) is 18.2 Å². The number of nitrogens with one attached hydrogen (secondary N) is 1. The Kier molecular flexibility index (Phi) is 5.70. The second-order valence-electron chi connectivity index (χ2n) is 6.41. The maximum absolute atomic E-state index is 12.2. The van der Waals surface area contributed by atoms with Crippen molar-refractivity contribution in [1.82, 2.24) is 0 Å².